The molecule has 2 nitrogen and oxygen atoms in total. The quantitative estimate of drug-likeness (QED) is 0.758. The number of aliphatic hydroxyl groups is 1. The number of ether oxygens (including phenoxy) is 1. The summed E-state index contributed by atoms with van der Waals surface area (Å²) in [7, 11) is 0. The van der Waals surface area contributed by atoms with Crippen LogP contribution >= 0.6 is 0 Å². The van der Waals surface area contributed by atoms with Crippen molar-refractivity contribution in [2.75, 3.05) is 6.61 Å². The molecule has 0 aliphatic heterocycles. The lowest BCUT2D eigenvalue weighted by atomic mass is 10.0. The van der Waals surface area contributed by atoms with Gasteiger partial charge in [0, 0.05) is 0 Å². The molecule has 0 spiro atoms. The van der Waals surface area contributed by atoms with Gasteiger partial charge < -0.3 is 9.84 Å². The van der Waals surface area contributed by atoms with Crippen LogP contribution in [0.5, 0.6) is 0 Å². The van der Waals surface area contributed by atoms with Crippen LogP contribution in [0.2, 0.25) is 0 Å². The van der Waals surface area contributed by atoms with Gasteiger partial charge in [-0.25, -0.2) is 0 Å². The van der Waals surface area contributed by atoms with Crippen LogP contribution in [0.15, 0.2) is 24.3 Å². The highest BCUT2D eigenvalue weighted by Gasteiger charge is 2.09. The Kier molecular flexibility index (Phi) is 6.99. The summed E-state index contributed by atoms with van der Waals surface area (Å²) in [5.41, 5.74) is 2.27. The van der Waals surface area contributed by atoms with Gasteiger partial charge in [0.2, 0.25) is 0 Å². The maximum atomic E-state index is 10.0. The molecule has 0 aliphatic rings. The number of rotatable bonds is 8. The second kappa shape index (κ2) is 8.28. The first-order valence-electron chi connectivity index (χ1n) is 7.05. The van der Waals surface area contributed by atoms with E-state index in [9.17, 15) is 5.11 Å². The molecule has 1 aromatic carbocycles. The van der Waals surface area contributed by atoms with E-state index in [-0.39, 0.29) is 6.10 Å². The van der Waals surface area contributed by atoms with Crippen molar-refractivity contribution in [3.05, 3.63) is 35.4 Å². The zero-order valence-electron chi connectivity index (χ0n) is 11.9. The second-order valence-corrected chi connectivity index (χ2v) is 4.94. The van der Waals surface area contributed by atoms with E-state index >= 15 is 0 Å². The van der Waals surface area contributed by atoms with Gasteiger partial charge in [-0.2, -0.15) is 0 Å². The monoisotopic (exact) mass is 250 g/mol. The topological polar surface area (TPSA) is 29.5 Å². The molecule has 0 heterocycles. The summed E-state index contributed by atoms with van der Waals surface area (Å²) in [6.45, 7) is 6.75. The second-order valence-electron chi connectivity index (χ2n) is 4.94. The Hall–Kier alpha value is -0.860. The first-order valence-corrected chi connectivity index (χ1v) is 7.05. The summed E-state index contributed by atoms with van der Waals surface area (Å²) in [4.78, 5) is 0. The van der Waals surface area contributed by atoms with Gasteiger partial charge in [0.1, 0.15) is 6.10 Å². The molecule has 2 atom stereocenters. The van der Waals surface area contributed by atoms with Gasteiger partial charge in [0.25, 0.3) is 0 Å². The van der Waals surface area contributed by atoms with Crippen molar-refractivity contribution in [1.29, 1.82) is 0 Å². The van der Waals surface area contributed by atoms with E-state index in [0.29, 0.717) is 6.61 Å². The molecule has 18 heavy (non-hydrogen) atoms. The van der Waals surface area contributed by atoms with Crippen molar-refractivity contribution in [2.24, 2.45) is 0 Å². The molecule has 1 aromatic rings. The van der Waals surface area contributed by atoms with Crippen LogP contribution in [0.4, 0.5) is 0 Å². The number of aliphatic hydroxyl groups excluding tert-OH is 1. The minimum absolute atomic E-state index is 0.226. The average molecular weight is 250 g/mol. The Morgan fingerprint density at radius 2 is 1.78 bits per heavy atom. The molecule has 0 fully saturated rings. The Balaban J connectivity index is 2.43. The fourth-order valence-electron chi connectivity index (χ4n) is 2.04. The number of aryl methyl sites for hydroxylation is 1. The van der Waals surface area contributed by atoms with Crippen molar-refractivity contribution >= 4 is 0 Å². The summed E-state index contributed by atoms with van der Waals surface area (Å²) in [6, 6.07) is 8.20. The standard InChI is InChI=1S/C16H26O2/c1-4-6-13(3)18-12-16(17)15-10-8-14(7-5-2)9-11-15/h8-11,13,16-17H,4-7,12H2,1-3H3. The predicted octanol–water partition coefficient (Wildman–Crippen LogP) is 3.88. The van der Waals surface area contributed by atoms with Crippen LogP contribution in [-0.4, -0.2) is 17.8 Å². The fraction of sp³-hybridized carbons (Fsp3) is 0.625. The molecule has 0 bridgehead atoms. The molecular weight excluding hydrogens is 224 g/mol. The van der Waals surface area contributed by atoms with Gasteiger partial charge in [-0.1, -0.05) is 51.0 Å². The molecule has 0 radical (unpaired) electrons. The Labute approximate surface area is 111 Å². The molecule has 2 heteroatoms. The van der Waals surface area contributed by atoms with E-state index in [0.717, 1.165) is 31.2 Å². The maximum absolute atomic E-state index is 10.0. The summed E-state index contributed by atoms with van der Waals surface area (Å²) in [6.07, 6.45) is 4.12. The third-order valence-corrected chi connectivity index (χ3v) is 3.14. The fourth-order valence-corrected chi connectivity index (χ4v) is 2.04. The summed E-state index contributed by atoms with van der Waals surface area (Å²) in [5, 5.41) is 10.0. The minimum atomic E-state index is -0.514. The van der Waals surface area contributed by atoms with Crippen LogP contribution in [0, 0.1) is 0 Å². The first-order chi connectivity index (χ1) is 8.67. The predicted molar refractivity (Wildman–Crippen MR) is 75.7 cm³/mol. The van der Waals surface area contributed by atoms with Crippen LogP contribution in [0.25, 0.3) is 0 Å². The third-order valence-electron chi connectivity index (χ3n) is 3.14. The lowest BCUT2D eigenvalue weighted by Crippen LogP contribution is -2.14. The van der Waals surface area contributed by atoms with E-state index in [1.807, 2.05) is 12.1 Å². The lowest BCUT2D eigenvalue weighted by molar-refractivity contribution is -0.00584. The number of hydrogen-bond acceptors (Lipinski definition) is 2. The van der Waals surface area contributed by atoms with Gasteiger partial charge in [-0.3, -0.25) is 0 Å². The summed E-state index contributed by atoms with van der Waals surface area (Å²) in [5.74, 6) is 0. The molecule has 0 saturated carbocycles. The van der Waals surface area contributed by atoms with Crippen molar-refractivity contribution in [1.82, 2.24) is 0 Å². The van der Waals surface area contributed by atoms with Gasteiger partial charge in [0.05, 0.1) is 12.7 Å². The first kappa shape index (κ1) is 15.2. The minimum Gasteiger partial charge on any atom is -0.386 e. The number of benzene rings is 1. The smallest absolute Gasteiger partial charge is 0.102 e. The molecule has 2 unspecified atom stereocenters. The third kappa shape index (κ3) is 5.19. The van der Waals surface area contributed by atoms with Crippen LogP contribution in [-0.2, 0) is 11.2 Å². The highest BCUT2D eigenvalue weighted by Crippen LogP contribution is 2.16. The van der Waals surface area contributed by atoms with Crippen LogP contribution in [0.1, 0.15) is 57.3 Å². The molecule has 0 saturated heterocycles. The highest BCUT2D eigenvalue weighted by atomic mass is 16.5. The lowest BCUT2D eigenvalue weighted by Gasteiger charge is -2.16. The van der Waals surface area contributed by atoms with E-state index in [2.05, 4.69) is 32.9 Å². The highest BCUT2D eigenvalue weighted by molar-refractivity contribution is 5.24. The summed E-state index contributed by atoms with van der Waals surface area (Å²) < 4.78 is 5.63. The van der Waals surface area contributed by atoms with Crippen molar-refractivity contribution in [2.45, 2.75) is 58.7 Å². The largest absolute Gasteiger partial charge is 0.386 e. The van der Waals surface area contributed by atoms with Crippen molar-refractivity contribution in [3.8, 4) is 0 Å². The van der Waals surface area contributed by atoms with E-state index in [1.165, 1.54) is 5.56 Å². The van der Waals surface area contributed by atoms with Crippen LogP contribution < -0.4 is 0 Å². The van der Waals surface area contributed by atoms with Gasteiger partial charge in [-0.05, 0) is 30.9 Å². The molecular formula is C16H26O2. The molecule has 0 aliphatic carbocycles. The molecule has 1 rings (SSSR count). The SMILES string of the molecule is CCCc1ccc(C(O)COC(C)CCC)cc1. The molecule has 102 valence electrons. The van der Waals surface area contributed by atoms with Gasteiger partial charge in [0.15, 0.2) is 0 Å². The molecule has 1 N–H and O–H groups in total. The Morgan fingerprint density at radius 1 is 1.11 bits per heavy atom. The van der Waals surface area contributed by atoms with Gasteiger partial charge in [-0.15, -0.1) is 0 Å². The van der Waals surface area contributed by atoms with Crippen molar-refractivity contribution in [3.63, 3.8) is 0 Å². The molecule has 0 amide bonds. The Bertz CT molecular complexity index is 318. The zero-order chi connectivity index (χ0) is 13.4. The van der Waals surface area contributed by atoms with Crippen LogP contribution in [0.3, 0.4) is 0 Å². The van der Waals surface area contributed by atoms with Gasteiger partial charge >= 0.3 is 0 Å². The Morgan fingerprint density at radius 3 is 2.33 bits per heavy atom. The average Bonchev–Trinajstić information content (AvgIpc) is 2.37. The zero-order valence-corrected chi connectivity index (χ0v) is 11.9. The van der Waals surface area contributed by atoms with E-state index in [4.69, 9.17) is 4.74 Å². The number of hydrogen-bond donors (Lipinski definition) is 1. The maximum Gasteiger partial charge on any atom is 0.102 e. The summed E-state index contributed by atoms with van der Waals surface area (Å²) >= 11 is 0. The van der Waals surface area contributed by atoms with E-state index < -0.39 is 6.10 Å². The normalized spacial score (nSPS) is 14.4. The van der Waals surface area contributed by atoms with Crippen molar-refractivity contribution < 1.29 is 9.84 Å². The van der Waals surface area contributed by atoms with E-state index in [1.54, 1.807) is 0 Å². The molecule has 0 aromatic heterocycles.